The van der Waals surface area contributed by atoms with Crippen molar-refractivity contribution in [3.63, 3.8) is 0 Å². The number of aromatic nitrogens is 2. The molecule has 0 unspecified atom stereocenters. The Hall–Kier alpha value is -1.00. The lowest BCUT2D eigenvalue weighted by Gasteiger charge is -2.23. The molecule has 1 aromatic heterocycles. The lowest BCUT2D eigenvalue weighted by atomic mass is 9.83. The molecular formula is C10H14F2N2O. The van der Waals surface area contributed by atoms with Crippen LogP contribution in [0.1, 0.15) is 56.7 Å². The minimum Gasteiger partial charge on any atom is -0.419 e. The van der Waals surface area contributed by atoms with Gasteiger partial charge < -0.3 is 4.42 Å². The van der Waals surface area contributed by atoms with Gasteiger partial charge in [-0.1, -0.05) is 6.92 Å². The minimum absolute atomic E-state index is 0.182. The van der Waals surface area contributed by atoms with Crippen LogP contribution in [0.2, 0.25) is 0 Å². The average Bonchev–Trinajstić information content (AvgIpc) is 2.68. The third-order valence-electron chi connectivity index (χ3n) is 3.01. The van der Waals surface area contributed by atoms with Gasteiger partial charge in [-0.15, -0.1) is 10.2 Å². The Morgan fingerprint density at radius 3 is 2.40 bits per heavy atom. The monoisotopic (exact) mass is 216 g/mol. The largest absolute Gasteiger partial charge is 0.419 e. The number of alkyl halides is 2. The van der Waals surface area contributed by atoms with Gasteiger partial charge in [-0.25, -0.2) is 0 Å². The van der Waals surface area contributed by atoms with Crippen molar-refractivity contribution in [2.24, 2.45) is 5.92 Å². The zero-order valence-electron chi connectivity index (χ0n) is 8.62. The summed E-state index contributed by atoms with van der Waals surface area (Å²) in [6, 6.07) is 0. The molecule has 84 valence electrons. The Bertz CT molecular complexity index is 319. The normalized spacial score (nSPS) is 27.2. The lowest BCUT2D eigenvalue weighted by Crippen LogP contribution is -2.11. The molecule has 0 bridgehead atoms. The Kier molecular flexibility index (Phi) is 2.98. The molecule has 5 heteroatoms. The van der Waals surface area contributed by atoms with E-state index >= 15 is 0 Å². The van der Waals surface area contributed by atoms with Crippen LogP contribution in [0.15, 0.2) is 4.42 Å². The van der Waals surface area contributed by atoms with E-state index in [0.717, 1.165) is 31.6 Å². The first-order chi connectivity index (χ1) is 7.16. The predicted molar refractivity (Wildman–Crippen MR) is 49.6 cm³/mol. The van der Waals surface area contributed by atoms with Gasteiger partial charge in [-0.05, 0) is 31.6 Å². The zero-order chi connectivity index (χ0) is 10.8. The second kappa shape index (κ2) is 4.24. The molecule has 2 rings (SSSR count). The molecule has 0 radical (unpaired) electrons. The summed E-state index contributed by atoms with van der Waals surface area (Å²) in [5.74, 6) is 0.737. The summed E-state index contributed by atoms with van der Waals surface area (Å²) in [6.07, 6.45) is 1.49. The van der Waals surface area contributed by atoms with Gasteiger partial charge in [0, 0.05) is 5.92 Å². The molecule has 3 nitrogen and oxygen atoms in total. The second-order valence-electron chi connectivity index (χ2n) is 4.24. The van der Waals surface area contributed by atoms with Crippen LogP contribution in [-0.4, -0.2) is 10.2 Å². The van der Waals surface area contributed by atoms with Gasteiger partial charge in [0.15, 0.2) is 0 Å². The van der Waals surface area contributed by atoms with Crippen LogP contribution in [0.25, 0.3) is 0 Å². The quantitative estimate of drug-likeness (QED) is 0.761. The molecule has 0 saturated heterocycles. The van der Waals surface area contributed by atoms with Crippen LogP contribution in [0.5, 0.6) is 0 Å². The third kappa shape index (κ3) is 2.33. The van der Waals surface area contributed by atoms with Gasteiger partial charge in [0.2, 0.25) is 5.89 Å². The molecule has 0 aromatic carbocycles. The molecule has 0 spiro atoms. The molecule has 0 amide bonds. The minimum atomic E-state index is -2.66. The standard InChI is InChI=1S/C10H14F2N2O/c1-6-2-4-7(5-3-6)9-13-14-10(15-9)8(11)12/h6-8H,2-5H2,1H3. The summed E-state index contributed by atoms with van der Waals surface area (Å²) in [4.78, 5) is 0. The topological polar surface area (TPSA) is 38.9 Å². The third-order valence-corrected chi connectivity index (χ3v) is 3.01. The second-order valence-corrected chi connectivity index (χ2v) is 4.24. The first-order valence-corrected chi connectivity index (χ1v) is 5.28. The average molecular weight is 216 g/mol. The summed E-state index contributed by atoms with van der Waals surface area (Å²) in [5.41, 5.74) is 0. The van der Waals surface area contributed by atoms with Crippen molar-refractivity contribution in [1.29, 1.82) is 0 Å². The van der Waals surface area contributed by atoms with Crippen molar-refractivity contribution in [3.8, 4) is 0 Å². The molecule has 1 aliphatic rings. The van der Waals surface area contributed by atoms with Crippen molar-refractivity contribution < 1.29 is 13.2 Å². The van der Waals surface area contributed by atoms with Gasteiger partial charge in [0.25, 0.3) is 5.89 Å². The van der Waals surface area contributed by atoms with Crippen LogP contribution >= 0.6 is 0 Å². The summed E-state index contributed by atoms with van der Waals surface area (Å²) < 4.78 is 29.4. The maximum absolute atomic E-state index is 12.2. The number of nitrogens with zero attached hydrogens (tertiary/aromatic N) is 2. The van der Waals surface area contributed by atoms with Crippen LogP contribution in [-0.2, 0) is 0 Å². The smallest absolute Gasteiger partial charge is 0.314 e. The van der Waals surface area contributed by atoms with E-state index in [0.29, 0.717) is 5.89 Å². The Morgan fingerprint density at radius 2 is 1.87 bits per heavy atom. The summed E-state index contributed by atoms with van der Waals surface area (Å²) in [6.45, 7) is 2.20. The molecule has 1 aliphatic carbocycles. The number of hydrogen-bond donors (Lipinski definition) is 0. The molecular weight excluding hydrogens is 202 g/mol. The Morgan fingerprint density at radius 1 is 1.20 bits per heavy atom. The van der Waals surface area contributed by atoms with Gasteiger partial charge in [-0.2, -0.15) is 8.78 Å². The number of rotatable bonds is 2. The van der Waals surface area contributed by atoms with Crippen LogP contribution in [0.4, 0.5) is 8.78 Å². The summed E-state index contributed by atoms with van der Waals surface area (Å²) in [5, 5.41) is 7.03. The number of halogens is 2. The van der Waals surface area contributed by atoms with E-state index in [2.05, 4.69) is 17.1 Å². The first-order valence-electron chi connectivity index (χ1n) is 5.28. The molecule has 1 fully saturated rings. The predicted octanol–water partition coefficient (Wildman–Crippen LogP) is 3.30. The first kappa shape index (κ1) is 10.5. The number of hydrogen-bond acceptors (Lipinski definition) is 3. The highest BCUT2D eigenvalue weighted by Gasteiger charge is 2.25. The fourth-order valence-electron chi connectivity index (χ4n) is 2.01. The van der Waals surface area contributed by atoms with Crippen LogP contribution < -0.4 is 0 Å². The molecule has 15 heavy (non-hydrogen) atoms. The van der Waals surface area contributed by atoms with Crippen LogP contribution in [0.3, 0.4) is 0 Å². The maximum Gasteiger partial charge on any atom is 0.314 e. The fourth-order valence-corrected chi connectivity index (χ4v) is 2.01. The Balaban J connectivity index is 2.03. The fraction of sp³-hybridized carbons (Fsp3) is 0.800. The van der Waals surface area contributed by atoms with Gasteiger partial charge in [-0.3, -0.25) is 0 Å². The lowest BCUT2D eigenvalue weighted by molar-refractivity contribution is 0.111. The van der Waals surface area contributed by atoms with Crippen molar-refractivity contribution in [2.45, 2.75) is 45.0 Å². The van der Waals surface area contributed by atoms with Gasteiger partial charge in [0.1, 0.15) is 0 Å². The molecule has 0 N–H and O–H groups in total. The van der Waals surface area contributed by atoms with Crippen molar-refractivity contribution in [1.82, 2.24) is 10.2 Å². The molecule has 1 heterocycles. The molecule has 1 saturated carbocycles. The van der Waals surface area contributed by atoms with Crippen molar-refractivity contribution in [3.05, 3.63) is 11.8 Å². The van der Waals surface area contributed by atoms with Crippen LogP contribution in [0, 0.1) is 5.92 Å². The maximum atomic E-state index is 12.2. The van der Waals surface area contributed by atoms with E-state index in [1.807, 2.05) is 0 Å². The zero-order valence-corrected chi connectivity index (χ0v) is 8.62. The van der Waals surface area contributed by atoms with Crippen molar-refractivity contribution in [2.75, 3.05) is 0 Å². The summed E-state index contributed by atoms with van der Waals surface area (Å²) >= 11 is 0. The highest BCUT2D eigenvalue weighted by molar-refractivity contribution is 4.94. The highest BCUT2D eigenvalue weighted by Crippen LogP contribution is 2.35. The summed E-state index contributed by atoms with van der Waals surface area (Å²) in [7, 11) is 0. The van der Waals surface area contributed by atoms with E-state index in [9.17, 15) is 8.78 Å². The molecule has 0 aliphatic heterocycles. The Labute approximate surface area is 86.9 Å². The molecule has 0 atom stereocenters. The van der Waals surface area contributed by atoms with E-state index in [-0.39, 0.29) is 5.92 Å². The van der Waals surface area contributed by atoms with E-state index in [1.165, 1.54) is 0 Å². The van der Waals surface area contributed by atoms with Crippen molar-refractivity contribution >= 4 is 0 Å². The van der Waals surface area contributed by atoms with Gasteiger partial charge in [0.05, 0.1) is 0 Å². The SMILES string of the molecule is CC1CCC(c2nnc(C(F)F)o2)CC1. The van der Waals surface area contributed by atoms with E-state index < -0.39 is 12.3 Å². The molecule has 1 aromatic rings. The highest BCUT2D eigenvalue weighted by atomic mass is 19.3. The van der Waals surface area contributed by atoms with Gasteiger partial charge >= 0.3 is 6.43 Å². The van der Waals surface area contributed by atoms with E-state index in [4.69, 9.17) is 4.42 Å². The van der Waals surface area contributed by atoms with E-state index in [1.54, 1.807) is 0 Å².